The number of carboxylic acids is 2. The van der Waals surface area contributed by atoms with E-state index in [-0.39, 0.29) is 17.1 Å². The zero-order valence-electron chi connectivity index (χ0n) is 20.1. The van der Waals surface area contributed by atoms with Gasteiger partial charge in [-0.2, -0.15) is 0 Å². The van der Waals surface area contributed by atoms with Crippen LogP contribution in [0.4, 0.5) is 8.78 Å². The van der Waals surface area contributed by atoms with Crippen molar-refractivity contribution in [1.29, 1.82) is 0 Å². The first-order valence-electron chi connectivity index (χ1n) is 11.3. The molecule has 0 bridgehead atoms. The maximum Gasteiger partial charge on any atom is 0.131 e. The summed E-state index contributed by atoms with van der Waals surface area (Å²) in [6, 6.07) is 27.2. The van der Waals surface area contributed by atoms with E-state index in [4.69, 9.17) is 0 Å². The Labute approximate surface area is 225 Å². The molecule has 0 aliphatic heterocycles. The van der Waals surface area contributed by atoms with Crippen molar-refractivity contribution in [3.63, 3.8) is 0 Å². The van der Waals surface area contributed by atoms with Crippen molar-refractivity contribution in [1.82, 2.24) is 0 Å². The second-order valence-corrected chi connectivity index (χ2v) is 8.29. The van der Waals surface area contributed by atoms with Gasteiger partial charge < -0.3 is 19.8 Å². The Morgan fingerprint density at radius 2 is 0.919 bits per heavy atom. The Kier molecular flexibility index (Phi) is 10.7. The Balaban J connectivity index is 0.000000253. The van der Waals surface area contributed by atoms with Gasteiger partial charge in [0.15, 0.2) is 0 Å². The fourth-order valence-corrected chi connectivity index (χ4v) is 3.58. The average Bonchev–Trinajstić information content (AvgIpc) is 2.89. The summed E-state index contributed by atoms with van der Waals surface area (Å²) in [7, 11) is 0. The van der Waals surface area contributed by atoms with Crippen molar-refractivity contribution in [2.24, 2.45) is 0 Å². The molecule has 4 nitrogen and oxygen atoms in total. The van der Waals surface area contributed by atoms with Crippen molar-refractivity contribution in [3.8, 4) is 22.3 Å². The molecule has 2 unspecified atom stereocenters. The fraction of sp³-hybridized carbons (Fsp3) is 0.133. The molecular weight excluding hydrogens is 526 g/mol. The summed E-state index contributed by atoms with van der Waals surface area (Å²) in [6.45, 7) is 2.96. The molecular formula is C30H24CuF2O4-2. The number of hydrogen-bond acceptors (Lipinski definition) is 4. The van der Waals surface area contributed by atoms with Gasteiger partial charge >= 0.3 is 0 Å². The van der Waals surface area contributed by atoms with Crippen molar-refractivity contribution in [2.45, 2.75) is 25.7 Å². The van der Waals surface area contributed by atoms with E-state index in [0.29, 0.717) is 22.3 Å². The van der Waals surface area contributed by atoms with Gasteiger partial charge in [-0.3, -0.25) is 0 Å². The number of carbonyl (C=O) groups excluding carboxylic acids is 2. The number of aliphatic carboxylic acids is 2. The summed E-state index contributed by atoms with van der Waals surface area (Å²) < 4.78 is 27.9. The first-order chi connectivity index (χ1) is 17.2. The van der Waals surface area contributed by atoms with E-state index >= 15 is 0 Å². The van der Waals surface area contributed by atoms with Gasteiger partial charge in [-0.05, 0) is 34.4 Å². The summed E-state index contributed by atoms with van der Waals surface area (Å²) in [5, 5.41) is 21.5. The van der Waals surface area contributed by atoms with E-state index in [0.717, 1.165) is 11.1 Å². The van der Waals surface area contributed by atoms with Gasteiger partial charge in [-0.25, -0.2) is 8.78 Å². The number of rotatable bonds is 6. The van der Waals surface area contributed by atoms with Crippen molar-refractivity contribution in [3.05, 3.63) is 120 Å². The predicted octanol–water partition coefficient (Wildman–Crippen LogP) is 4.69. The average molecular weight is 550 g/mol. The molecule has 1 radical (unpaired) electrons. The minimum atomic E-state index is -1.21. The Bertz CT molecular complexity index is 1240. The number of carbonyl (C=O) groups is 2. The molecule has 0 saturated carbocycles. The van der Waals surface area contributed by atoms with E-state index in [1.807, 2.05) is 36.4 Å². The third kappa shape index (κ3) is 7.59. The first-order valence-corrected chi connectivity index (χ1v) is 11.3. The normalized spacial score (nSPS) is 11.8. The van der Waals surface area contributed by atoms with Crippen LogP contribution in [0.5, 0.6) is 0 Å². The second-order valence-electron chi connectivity index (χ2n) is 8.29. The van der Waals surface area contributed by atoms with Gasteiger partial charge in [0.25, 0.3) is 0 Å². The van der Waals surface area contributed by atoms with Gasteiger partial charge in [-0.1, -0.05) is 98.8 Å². The van der Waals surface area contributed by atoms with Gasteiger partial charge in [0.1, 0.15) is 11.6 Å². The van der Waals surface area contributed by atoms with E-state index in [2.05, 4.69) is 0 Å². The predicted molar refractivity (Wildman–Crippen MR) is 131 cm³/mol. The monoisotopic (exact) mass is 549 g/mol. The Hall–Kier alpha value is -3.80. The van der Waals surface area contributed by atoms with Crippen LogP contribution in [-0.2, 0) is 26.7 Å². The van der Waals surface area contributed by atoms with Crippen LogP contribution in [0.2, 0.25) is 0 Å². The zero-order valence-corrected chi connectivity index (χ0v) is 21.0. The van der Waals surface area contributed by atoms with Crippen LogP contribution in [0.25, 0.3) is 22.3 Å². The molecule has 0 fully saturated rings. The third-order valence-electron chi connectivity index (χ3n) is 5.86. The Morgan fingerprint density at radius 3 is 1.19 bits per heavy atom. The Morgan fingerprint density at radius 1 is 0.595 bits per heavy atom. The summed E-state index contributed by atoms with van der Waals surface area (Å²) in [5.74, 6) is -4.89. The molecule has 4 aromatic rings. The summed E-state index contributed by atoms with van der Waals surface area (Å²) in [6.07, 6.45) is 0. The molecule has 37 heavy (non-hydrogen) atoms. The molecule has 0 amide bonds. The molecule has 0 aromatic heterocycles. The maximum atomic E-state index is 13.9. The minimum Gasteiger partial charge on any atom is -0.550 e. The topological polar surface area (TPSA) is 80.3 Å². The molecule has 0 spiro atoms. The smallest absolute Gasteiger partial charge is 0.131 e. The molecule has 0 saturated heterocycles. The molecule has 195 valence electrons. The van der Waals surface area contributed by atoms with Crippen LogP contribution in [0, 0.1) is 11.6 Å². The molecule has 2 atom stereocenters. The summed E-state index contributed by atoms with van der Waals surface area (Å²) >= 11 is 0. The van der Waals surface area contributed by atoms with Crippen LogP contribution >= 0.6 is 0 Å². The molecule has 4 aromatic carbocycles. The first kappa shape index (κ1) is 29.4. The van der Waals surface area contributed by atoms with E-state index in [1.54, 1.807) is 48.5 Å². The van der Waals surface area contributed by atoms with Crippen molar-refractivity contribution in [2.75, 3.05) is 0 Å². The van der Waals surface area contributed by atoms with E-state index < -0.39 is 35.4 Å². The molecule has 7 heteroatoms. The standard InChI is InChI=1S/2C15H13FO2.Cu/c2*1-10(15(17)18)12-7-8-13(14(16)9-12)11-5-3-2-4-6-11;/h2*2-10H,1H3,(H,17,18);/p-2. The van der Waals surface area contributed by atoms with Gasteiger partial charge in [0.05, 0.1) is 0 Å². The fourth-order valence-electron chi connectivity index (χ4n) is 3.58. The van der Waals surface area contributed by atoms with Crippen molar-refractivity contribution < 1.29 is 45.7 Å². The van der Waals surface area contributed by atoms with Crippen LogP contribution in [-0.4, -0.2) is 11.9 Å². The van der Waals surface area contributed by atoms with Crippen LogP contribution in [0.1, 0.15) is 36.8 Å². The number of hydrogen-bond donors (Lipinski definition) is 0. The van der Waals surface area contributed by atoms with Gasteiger partial charge in [-0.15, -0.1) is 0 Å². The van der Waals surface area contributed by atoms with Gasteiger partial charge in [0, 0.05) is 52.0 Å². The molecule has 0 aliphatic carbocycles. The maximum absolute atomic E-state index is 13.9. The zero-order chi connectivity index (χ0) is 26.2. The summed E-state index contributed by atoms with van der Waals surface area (Å²) in [5.41, 5.74) is 3.28. The van der Waals surface area contributed by atoms with Crippen LogP contribution < -0.4 is 10.2 Å². The largest absolute Gasteiger partial charge is 0.550 e. The number of benzene rings is 4. The van der Waals surface area contributed by atoms with E-state index in [1.165, 1.54) is 26.0 Å². The van der Waals surface area contributed by atoms with E-state index in [9.17, 15) is 28.6 Å². The molecule has 4 rings (SSSR count). The number of carboxylic acid groups (broad SMARTS) is 2. The minimum absolute atomic E-state index is 0. The molecule has 0 heterocycles. The molecule has 0 N–H and O–H groups in total. The molecule has 0 aliphatic rings. The summed E-state index contributed by atoms with van der Waals surface area (Å²) in [4.78, 5) is 21.5. The SMILES string of the molecule is CC(C(=O)[O-])c1ccc(-c2ccccc2)c(F)c1.CC(C(=O)[O-])c1ccc(-c2ccccc2)c(F)c1.[Cu]. The quantitative estimate of drug-likeness (QED) is 0.327. The third-order valence-corrected chi connectivity index (χ3v) is 5.86. The van der Waals surface area contributed by atoms with Gasteiger partial charge in [0.2, 0.25) is 0 Å². The van der Waals surface area contributed by atoms with Crippen LogP contribution in [0.15, 0.2) is 97.1 Å². The van der Waals surface area contributed by atoms with Crippen molar-refractivity contribution >= 4 is 11.9 Å². The second kappa shape index (κ2) is 13.5. The number of halogens is 2. The van der Waals surface area contributed by atoms with Crippen LogP contribution in [0.3, 0.4) is 0 Å².